The van der Waals surface area contributed by atoms with Crippen molar-refractivity contribution in [1.82, 2.24) is 5.32 Å². The van der Waals surface area contributed by atoms with Gasteiger partial charge in [0.15, 0.2) is 11.6 Å². The predicted molar refractivity (Wildman–Crippen MR) is 76.0 cm³/mol. The van der Waals surface area contributed by atoms with Gasteiger partial charge in [-0.1, -0.05) is 28.1 Å². The van der Waals surface area contributed by atoms with Crippen LogP contribution in [-0.4, -0.2) is 7.05 Å². The summed E-state index contributed by atoms with van der Waals surface area (Å²) in [7, 11) is 1.63. The molecule has 1 nitrogen and oxygen atoms in total. The van der Waals surface area contributed by atoms with Crippen LogP contribution in [0.2, 0.25) is 0 Å². The van der Waals surface area contributed by atoms with Crippen LogP contribution in [0.5, 0.6) is 0 Å². The number of rotatable bonds is 4. The van der Waals surface area contributed by atoms with E-state index in [1.54, 1.807) is 19.2 Å². The molecule has 0 aliphatic heterocycles. The molecular formula is C15H13BrF3N. The smallest absolute Gasteiger partial charge is 0.163 e. The van der Waals surface area contributed by atoms with Crippen LogP contribution in [0.1, 0.15) is 17.2 Å². The maximum absolute atomic E-state index is 13.8. The molecule has 5 heteroatoms. The first kappa shape index (κ1) is 15.1. The fourth-order valence-electron chi connectivity index (χ4n) is 2.08. The number of nitrogens with one attached hydrogen (secondary N) is 1. The highest BCUT2D eigenvalue weighted by Crippen LogP contribution is 2.25. The zero-order chi connectivity index (χ0) is 14.7. The molecule has 0 saturated heterocycles. The minimum Gasteiger partial charge on any atom is -0.313 e. The monoisotopic (exact) mass is 343 g/mol. The van der Waals surface area contributed by atoms with E-state index < -0.39 is 17.7 Å². The third kappa shape index (κ3) is 3.22. The Labute approximate surface area is 123 Å². The highest BCUT2D eigenvalue weighted by atomic mass is 79.9. The summed E-state index contributed by atoms with van der Waals surface area (Å²) < 4.78 is 41.6. The largest absolute Gasteiger partial charge is 0.313 e. The molecule has 0 amide bonds. The Hall–Kier alpha value is -1.33. The summed E-state index contributed by atoms with van der Waals surface area (Å²) in [4.78, 5) is 0. The van der Waals surface area contributed by atoms with Crippen LogP contribution in [-0.2, 0) is 6.42 Å². The molecule has 0 saturated carbocycles. The maximum atomic E-state index is 13.8. The van der Waals surface area contributed by atoms with Gasteiger partial charge in [-0.15, -0.1) is 0 Å². The van der Waals surface area contributed by atoms with Crippen molar-refractivity contribution in [3.8, 4) is 0 Å². The van der Waals surface area contributed by atoms with Gasteiger partial charge in [0.1, 0.15) is 5.82 Å². The highest BCUT2D eigenvalue weighted by molar-refractivity contribution is 9.10. The molecule has 1 atom stereocenters. The normalized spacial score (nSPS) is 12.4. The molecule has 2 rings (SSSR count). The summed E-state index contributed by atoms with van der Waals surface area (Å²) >= 11 is 3.27. The van der Waals surface area contributed by atoms with E-state index in [9.17, 15) is 13.2 Å². The van der Waals surface area contributed by atoms with E-state index >= 15 is 0 Å². The Balaban J connectivity index is 2.34. The number of hydrogen-bond donors (Lipinski definition) is 1. The molecule has 0 bridgehead atoms. The summed E-state index contributed by atoms with van der Waals surface area (Å²) in [6.45, 7) is 0. The zero-order valence-corrected chi connectivity index (χ0v) is 12.3. The number of hydrogen-bond acceptors (Lipinski definition) is 1. The van der Waals surface area contributed by atoms with E-state index in [4.69, 9.17) is 0 Å². The van der Waals surface area contributed by atoms with E-state index in [2.05, 4.69) is 21.2 Å². The summed E-state index contributed by atoms with van der Waals surface area (Å²) in [6.07, 6.45) is 0.224. The summed E-state index contributed by atoms with van der Waals surface area (Å²) in [6, 6.07) is 8.06. The van der Waals surface area contributed by atoms with Crippen molar-refractivity contribution in [3.63, 3.8) is 0 Å². The third-order valence-electron chi connectivity index (χ3n) is 3.14. The average Bonchev–Trinajstić information content (AvgIpc) is 2.43. The van der Waals surface area contributed by atoms with Crippen LogP contribution in [0, 0.1) is 17.5 Å². The first-order valence-electron chi connectivity index (χ1n) is 6.08. The van der Waals surface area contributed by atoms with Gasteiger partial charge in [-0.25, -0.2) is 13.2 Å². The quantitative estimate of drug-likeness (QED) is 0.869. The molecule has 0 spiro atoms. The summed E-state index contributed by atoms with van der Waals surface area (Å²) in [5, 5.41) is 2.89. The molecule has 0 aromatic heterocycles. The Bertz CT molecular complexity index is 616. The Morgan fingerprint density at radius 2 is 1.85 bits per heavy atom. The zero-order valence-electron chi connectivity index (χ0n) is 10.8. The minimum absolute atomic E-state index is 0.187. The van der Waals surface area contributed by atoms with Gasteiger partial charge in [-0.05, 0) is 43.3 Å². The SMILES string of the molecule is CNC(Cc1cc(Br)ccc1F)c1cccc(F)c1F. The second kappa shape index (κ2) is 6.41. The van der Waals surface area contributed by atoms with Gasteiger partial charge in [0.2, 0.25) is 0 Å². The van der Waals surface area contributed by atoms with Crippen LogP contribution in [0.15, 0.2) is 40.9 Å². The molecule has 0 heterocycles. The van der Waals surface area contributed by atoms with Crippen molar-refractivity contribution in [2.45, 2.75) is 12.5 Å². The van der Waals surface area contributed by atoms with Gasteiger partial charge in [-0.3, -0.25) is 0 Å². The molecule has 1 N–H and O–H groups in total. The minimum atomic E-state index is -0.905. The van der Waals surface area contributed by atoms with Gasteiger partial charge >= 0.3 is 0 Å². The van der Waals surface area contributed by atoms with Crippen LogP contribution >= 0.6 is 15.9 Å². The van der Waals surface area contributed by atoms with E-state index in [-0.39, 0.29) is 17.8 Å². The predicted octanol–water partition coefficient (Wildman–Crippen LogP) is 4.37. The lowest BCUT2D eigenvalue weighted by molar-refractivity contribution is 0.470. The average molecular weight is 344 g/mol. The Kier molecular flexibility index (Phi) is 4.83. The second-order valence-electron chi connectivity index (χ2n) is 4.42. The molecule has 0 fully saturated rings. The molecule has 0 aliphatic carbocycles. The molecule has 0 radical (unpaired) electrons. The van der Waals surface area contributed by atoms with Crippen LogP contribution in [0.3, 0.4) is 0 Å². The molecular weight excluding hydrogens is 331 g/mol. The van der Waals surface area contributed by atoms with E-state index in [0.29, 0.717) is 5.56 Å². The molecule has 1 unspecified atom stereocenters. The van der Waals surface area contributed by atoms with Gasteiger partial charge in [0.05, 0.1) is 0 Å². The van der Waals surface area contributed by atoms with Crippen molar-refractivity contribution in [1.29, 1.82) is 0 Å². The summed E-state index contributed by atoms with van der Waals surface area (Å²) in [5.74, 6) is -2.18. The topological polar surface area (TPSA) is 12.0 Å². The van der Waals surface area contributed by atoms with Crippen LogP contribution in [0.4, 0.5) is 13.2 Å². The van der Waals surface area contributed by atoms with Gasteiger partial charge in [0, 0.05) is 16.1 Å². The molecule has 20 heavy (non-hydrogen) atoms. The lowest BCUT2D eigenvalue weighted by Crippen LogP contribution is -2.21. The molecule has 106 valence electrons. The number of likely N-dealkylation sites (N-methyl/N-ethyl adjacent to an activating group) is 1. The van der Waals surface area contributed by atoms with Gasteiger partial charge < -0.3 is 5.32 Å². The first-order valence-corrected chi connectivity index (χ1v) is 6.87. The fraction of sp³-hybridized carbons (Fsp3) is 0.200. The Morgan fingerprint density at radius 3 is 2.55 bits per heavy atom. The Morgan fingerprint density at radius 1 is 1.10 bits per heavy atom. The first-order chi connectivity index (χ1) is 9.52. The van der Waals surface area contributed by atoms with Crippen LogP contribution < -0.4 is 5.32 Å². The summed E-state index contributed by atoms with van der Waals surface area (Å²) in [5.41, 5.74) is 0.620. The molecule has 2 aromatic rings. The molecule has 2 aromatic carbocycles. The second-order valence-corrected chi connectivity index (χ2v) is 5.34. The lowest BCUT2D eigenvalue weighted by Gasteiger charge is -2.18. The highest BCUT2D eigenvalue weighted by Gasteiger charge is 2.18. The van der Waals surface area contributed by atoms with Crippen molar-refractivity contribution in [3.05, 3.63) is 69.4 Å². The van der Waals surface area contributed by atoms with E-state index in [1.807, 2.05) is 0 Å². The van der Waals surface area contributed by atoms with Crippen molar-refractivity contribution in [2.24, 2.45) is 0 Å². The standard InChI is InChI=1S/C15H13BrF3N/c1-20-14(11-3-2-4-13(18)15(11)19)8-9-7-10(16)5-6-12(9)17/h2-7,14,20H,8H2,1H3. The van der Waals surface area contributed by atoms with Crippen LogP contribution in [0.25, 0.3) is 0 Å². The van der Waals surface area contributed by atoms with E-state index in [0.717, 1.165) is 10.5 Å². The van der Waals surface area contributed by atoms with Crippen molar-refractivity contribution in [2.75, 3.05) is 7.05 Å². The maximum Gasteiger partial charge on any atom is 0.163 e. The van der Waals surface area contributed by atoms with Gasteiger partial charge in [0.25, 0.3) is 0 Å². The third-order valence-corrected chi connectivity index (χ3v) is 3.63. The fourth-order valence-corrected chi connectivity index (χ4v) is 2.49. The molecule has 0 aliphatic rings. The van der Waals surface area contributed by atoms with E-state index in [1.165, 1.54) is 18.2 Å². The van der Waals surface area contributed by atoms with Crippen molar-refractivity contribution < 1.29 is 13.2 Å². The van der Waals surface area contributed by atoms with Crippen molar-refractivity contribution >= 4 is 15.9 Å². The van der Waals surface area contributed by atoms with Gasteiger partial charge in [-0.2, -0.15) is 0 Å². The lowest BCUT2D eigenvalue weighted by atomic mass is 9.98. The number of halogens is 4. The number of benzene rings is 2.